The number of pyridine rings is 1. The normalized spacial score (nSPS) is 11.1. The maximum atomic E-state index is 12.5. The van der Waals surface area contributed by atoms with Crippen LogP contribution < -0.4 is 10.6 Å². The van der Waals surface area contributed by atoms with Crippen molar-refractivity contribution in [2.45, 2.75) is 53.1 Å². The first-order valence-corrected chi connectivity index (χ1v) is 9.51. The Balaban J connectivity index is 1.72. The van der Waals surface area contributed by atoms with Crippen molar-refractivity contribution in [2.24, 2.45) is 0 Å². The van der Waals surface area contributed by atoms with Crippen molar-refractivity contribution >= 4 is 17.5 Å². The number of nitrogens with zero attached hydrogens (tertiary/aromatic N) is 2. The molecule has 0 aliphatic rings. The second-order valence-electron chi connectivity index (χ2n) is 6.91. The molecule has 2 amide bonds. The van der Waals surface area contributed by atoms with E-state index in [0.717, 1.165) is 17.6 Å². The number of amides is 2. The predicted octanol–water partition coefficient (Wildman–Crippen LogP) is 2.39. The second kappa shape index (κ2) is 10.1. The first kappa shape index (κ1) is 20.9. The molecule has 7 heteroatoms. The number of rotatable bonds is 10. The molecule has 2 heterocycles. The summed E-state index contributed by atoms with van der Waals surface area (Å²) in [6, 6.07) is 3.87. The van der Waals surface area contributed by atoms with Gasteiger partial charge < -0.3 is 15.4 Å². The van der Waals surface area contributed by atoms with E-state index < -0.39 is 0 Å². The Morgan fingerprint density at radius 1 is 1.19 bits per heavy atom. The lowest BCUT2D eigenvalue weighted by molar-refractivity contribution is -0.121. The largest absolute Gasteiger partial charge is 0.379 e. The van der Waals surface area contributed by atoms with Gasteiger partial charge in [0, 0.05) is 32.3 Å². The van der Waals surface area contributed by atoms with Crippen LogP contribution in [0.2, 0.25) is 0 Å². The number of aryl methyl sites for hydroxylation is 2. The molecule has 0 saturated heterocycles. The molecule has 0 radical (unpaired) electrons. The molecule has 0 aliphatic carbocycles. The standard InChI is InChI=1S/C20H30N4O3/c1-14(2)27-13-7-11-21-17(25)9-5-10-22-20(26)18-16(4)23-19-15(3)8-6-12-24(18)19/h6,8,12,14H,5,7,9-11,13H2,1-4H3,(H,21,25)(H,22,26). The predicted molar refractivity (Wildman–Crippen MR) is 105 cm³/mol. The van der Waals surface area contributed by atoms with E-state index in [0.29, 0.717) is 43.9 Å². The Hall–Kier alpha value is -2.41. The monoisotopic (exact) mass is 374 g/mol. The van der Waals surface area contributed by atoms with Gasteiger partial charge in [-0.25, -0.2) is 4.98 Å². The van der Waals surface area contributed by atoms with Gasteiger partial charge in [-0.05, 0) is 52.2 Å². The van der Waals surface area contributed by atoms with Crippen LogP contribution >= 0.6 is 0 Å². The van der Waals surface area contributed by atoms with E-state index in [1.54, 1.807) is 0 Å². The van der Waals surface area contributed by atoms with E-state index in [2.05, 4.69) is 15.6 Å². The first-order chi connectivity index (χ1) is 12.9. The van der Waals surface area contributed by atoms with Crippen molar-refractivity contribution < 1.29 is 14.3 Å². The number of nitrogens with one attached hydrogen (secondary N) is 2. The van der Waals surface area contributed by atoms with Crippen LogP contribution in [0.4, 0.5) is 0 Å². The summed E-state index contributed by atoms with van der Waals surface area (Å²) in [4.78, 5) is 28.8. The molecule has 0 aromatic carbocycles. The summed E-state index contributed by atoms with van der Waals surface area (Å²) in [5, 5.41) is 5.75. The van der Waals surface area contributed by atoms with Crippen molar-refractivity contribution in [1.82, 2.24) is 20.0 Å². The topological polar surface area (TPSA) is 84.7 Å². The van der Waals surface area contributed by atoms with Gasteiger partial charge in [-0.2, -0.15) is 0 Å². The Morgan fingerprint density at radius 3 is 2.67 bits per heavy atom. The minimum atomic E-state index is -0.170. The quantitative estimate of drug-likeness (QED) is 0.626. The van der Waals surface area contributed by atoms with Crippen LogP contribution in [0.3, 0.4) is 0 Å². The molecule has 2 aromatic rings. The number of ether oxygens (including phenoxy) is 1. The maximum Gasteiger partial charge on any atom is 0.270 e. The van der Waals surface area contributed by atoms with Crippen molar-refractivity contribution in [1.29, 1.82) is 0 Å². The van der Waals surface area contributed by atoms with Gasteiger partial charge in [0.05, 0.1) is 11.8 Å². The summed E-state index contributed by atoms with van der Waals surface area (Å²) in [7, 11) is 0. The highest BCUT2D eigenvalue weighted by atomic mass is 16.5. The molecule has 0 bridgehead atoms. The van der Waals surface area contributed by atoms with E-state index in [9.17, 15) is 9.59 Å². The van der Waals surface area contributed by atoms with Gasteiger partial charge in [0.1, 0.15) is 11.3 Å². The smallest absolute Gasteiger partial charge is 0.270 e. The van der Waals surface area contributed by atoms with Crippen LogP contribution in [0.1, 0.15) is 54.9 Å². The van der Waals surface area contributed by atoms with Crippen molar-refractivity contribution in [3.05, 3.63) is 35.3 Å². The van der Waals surface area contributed by atoms with Gasteiger partial charge in [-0.15, -0.1) is 0 Å². The molecule has 7 nitrogen and oxygen atoms in total. The number of aromatic nitrogens is 2. The molecule has 2 rings (SSSR count). The van der Waals surface area contributed by atoms with E-state index in [4.69, 9.17) is 4.74 Å². The molecule has 0 fully saturated rings. The van der Waals surface area contributed by atoms with E-state index in [-0.39, 0.29) is 17.9 Å². The zero-order valence-electron chi connectivity index (χ0n) is 16.7. The van der Waals surface area contributed by atoms with Crippen molar-refractivity contribution in [3.63, 3.8) is 0 Å². The average Bonchev–Trinajstić information content (AvgIpc) is 2.95. The third kappa shape index (κ3) is 6.06. The Labute approximate surface area is 160 Å². The number of hydrogen-bond acceptors (Lipinski definition) is 4. The van der Waals surface area contributed by atoms with E-state index in [1.807, 2.05) is 50.4 Å². The Morgan fingerprint density at radius 2 is 1.93 bits per heavy atom. The molecule has 2 N–H and O–H groups in total. The summed E-state index contributed by atoms with van der Waals surface area (Å²) in [6.07, 6.45) is 3.83. The van der Waals surface area contributed by atoms with Gasteiger partial charge in [0.25, 0.3) is 5.91 Å². The third-order valence-electron chi connectivity index (χ3n) is 4.20. The molecule has 0 atom stereocenters. The molecule has 148 valence electrons. The molecule has 0 unspecified atom stereocenters. The molecule has 27 heavy (non-hydrogen) atoms. The number of carbonyl (C=O) groups is 2. The van der Waals surface area contributed by atoms with Crippen molar-refractivity contribution in [2.75, 3.05) is 19.7 Å². The number of hydrogen-bond donors (Lipinski definition) is 2. The average molecular weight is 374 g/mol. The molecular weight excluding hydrogens is 344 g/mol. The minimum absolute atomic E-state index is 0.00426. The van der Waals surface area contributed by atoms with Crippen LogP contribution in [-0.2, 0) is 9.53 Å². The highest BCUT2D eigenvalue weighted by Crippen LogP contribution is 2.15. The summed E-state index contributed by atoms with van der Waals surface area (Å²) in [5.74, 6) is -0.174. The SMILES string of the molecule is Cc1nc2c(C)cccn2c1C(=O)NCCCC(=O)NCCCOC(C)C. The zero-order valence-corrected chi connectivity index (χ0v) is 16.7. The maximum absolute atomic E-state index is 12.5. The van der Waals surface area contributed by atoms with Gasteiger partial charge >= 0.3 is 0 Å². The molecule has 0 spiro atoms. The lowest BCUT2D eigenvalue weighted by Gasteiger charge is -2.09. The Bertz CT molecular complexity index is 783. The fraction of sp³-hybridized carbons (Fsp3) is 0.550. The number of imidazole rings is 1. The summed E-state index contributed by atoms with van der Waals surface area (Å²) in [5.41, 5.74) is 3.06. The fourth-order valence-corrected chi connectivity index (χ4v) is 2.83. The minimum Gasteiger partial charge on any atom is -0.379 e. The fourth-order valence-electron chi connectivity index (χ4n) is 2.83. The highest BCUT2D eigenvalue weighted by molar-refractivity contribution is 5.94. The summed E-state index contributed by atoms with van der Waals surface area (Å²) in [6.45, 7) is 9.48. The molecule has 0 saturated carbocycles. The van der Waals surface area contributed by atoms with Gasteiger partial charge in [0.15, 0.2) is 0 Å². The molecule has 2 aromatic heterocycles. The van der Waals surface area contributed by atoms with Crippen LogP contribution in [0, 0.1) is 13.8 Å². The summed E-state index contributed by atoms with van der Waals surface area (Å²) >= 11 is 0. The van der Waals surface area contributed by atoms with Crippen LogP contribution in [-0.4, -0.2) is 47.0 Å². The van der Waals surface area contributed by atoms with Crippen LogP contribution in [0.15, 0.2) is 18.3 Å². The highest BCUT2D eigenvalue weighted by Gasteiger charge is 2.16. The van der Waals surface area contributed by atoms with Gasteiger partial charge in [0.2, 0.25) is 5.91 Å². The Kier molecular flexibility index (Phi) is 7.79. The van der Waals surface area contributed by atoms with Gasteiger partial charge in [-0.1, -0.05) is 6.07 Å². The number of carbonyl (C=O) groups excluding carboxylic acids is 2. The van der Waals surface area contributed by atoms with Crippen LogP contribution in [0.5, 0.6) is 0 Å². The lowest BCUT2D eigenvalue weighted by atomic mass is 10.2. The summed E-state index contributed by atoms with van der Waals surface area (Å²) < 4.78 is 7.24. The van der Waals surface area contributed by atoms with Crippen LogP contribution in [0.25, 0.3) is 5.65 Å². The first-order valence-electron chi connectivity index (χ1n) is 9.51. The van der Waals surface area contributed by atoms with Crippen molar-refractivity contribution in [3.8, 4) is 0 Å². The third-order valence-corrected chi connectivity index (χ3v) is 4.20. The molecular formula is C20H30N4O3. The zero-order chi connectivity index (χ0) is 19.8. The number of fused-ring (bicyclic) bond motifs is 1. The van der Waals surface area contributed by atoms with E-state index in [1.165, 1.54) is 0 Å². The lowest BCUT2D eigenvalue weighted by Crippen LogP contribution is -2.29. The van der Waals surface area contributed by atoms with E-state index >= 15 is 0 Å². The van der Waals surface area contributed by atoms with Gasteiger partial charge in [-0.3, -0.25) is 14.0 Å². The molecule has 0 aliphatic heterocycles. The second-order valence-corrected chi connectivity index (χ2v) is 6.91.